The number of nitrogens with one attached hydrogen (secondary N) is 2. The Morgan fingerprint density at radius 3 is 2.95 bits per heavy atom. The van der Waals surface area contributed by atoms with E-state index in [0.717, 1.165) is 29.7 Å². The molecule has 0 aromatic carbocycles. The van der Waals surface area contributed by atoms with Gasteiger partial charge in [-0.15, -0.1) is 0 Å². The van der Waals surface area contributed by atoms with Crippen LogP contribution in [0.15, 0.2) is 12.5 Å². The third-order valence-electron chi connectivity index (χ3n) is 5.03. The fourth-order valence-corrected chi connectivity index (χ4v) is 3.71. The zero-order valence-electron chi connectivity index (χ0n) is 14.0. The van der Waals surface area contributed by atoms with Crippen molar-refractivity contribution >= 4 is 16.9 Å². The molecule has 2 N–H and O–H groups in total. The van der Waals surface area contributed by atoms with Gasteiger partial charge in [0.25, 0.3) is 0 Å². The first kappa shape index (κ1) is 15.3. The molecule has 2 aromatic rings. The van der Waals surface area contributed by atoms with Gasteiger partial charge in [0.05, 0.1) is 5.39 Å². The maximum Gasteiger partial charge on any atom is 0.143 e. The molecular weight excluding hydrogens is 272 g/mol. The van der Waals surface area contributed by atoms with E-state index in [1.54, 1.807) is 6.33 Å². The molecule has 1 saturated carbocycles. The van der Waals surface area contributed by atoms with Gasteiger partial charge in [0, 0.05) is 12.2 Å². The number of aromatic nitrogens is 3. The van der Waals surface area contributed by atoms with Crippen LogP contribution in [-0.4, -0.2) is 21.0 Å². The summed E-state index contributed by atoms with van der Waals surface area (Å²) in [6.45, 7) is 6.82. The Balaban J connectivity index is 1.78. The second-order valence-electron chi connectivity index (χ2n) is 7.03. The lowest BCUT2D eigenvalue weighted by molar-refractivity contribution is 0.411. The van der Waals surface area contributed by atoms with Crippen LogP contribution in [0.4, 0.5) is 5.82 Å². The van der Waals surface area contributed by atoms with E-state index < -0.39 is 0 Å². The average molecular weight is 300 g/mol. The summed E-state index contributed by atoms with van der Waals surface area (Å²) in [5.41, 5.74) is 2.25. The lowest BCUT2D eigenvalue weighted by Gasteiger charge is -2.22. The summed E-state index contributed by atoms with van der Waals surface area (Å²) < 4.78 is 0. The van der Waals surface area contributed by atoms with Crippen molar-refractivity contribution in [2.75, 3.05) is 5.32 Å². The van der Waals surface area contributed by atoms with Crippen LogP contribution in [0.25, 0.3) is 11.0 Å². The molecule has 1 fully saturated rings. The smallest absolute Gasteiger partial charge is 0.143 e. The standard InChI is InChI=1S/C18H28N4/c1-4-13-10-19-17-16(13)18(21-11-20-17)22-15-7-5-6-14(15)9-8-12(2)3/h10-12,14-15H,4-9H2,1-3H3,(H2,19,20,21,22). The van der Waals surface area contributed by atoms with Crippen LogP contribution in [0.3, 0.4) is 0 Å². The predicted molar refractivity (Wildman–Crippen MR) is 92.1 cm³/mol. The van der Waals surface area contributed by atoms with Crippen LogP contribution in [0.5, 0.6) is 0 Å². The highest BCUT2D eigenvalue weighted by atomic mass is 15.1. The topological polar surface area (TPSA) is 53.6 Å². The highest BCUT2D eigenvalue weighted by Crippen LogP contribution is 2.34. The predicted octanol–water partition coefficient (Wildman–Crippen LogP) is 4.54. The highest BCUT2D eigenvalue weighted by molar-refractivity contribution is 5.90. The zero-order valence-corrected chi connectivity index (χ0v) is 14.0. The molecule has 0 bridgehead atoms. The van der Waals surface area contributed by atoms with Crippen LogP contribution >= 0.6 is 0 Å². The number of rotatable bonds is 6. The lowest BCUT2D eigenvalue weighted by atomic mass is 9.93. The number of fused-ring (bicyclic) bond motifs is 1. The first-order chi connectivity index (χ1) is 10.7. The Morgan fingerprint density at radius 1 is 1.32 bits per heavy atom. The molecule has 120 valence electrons. The molecule has 1 aliphatic carbocycles. The van der Waals surface area contributed by atoms with Crippen molar-refractivity contribution in [1.29, 1.82) is 0 Å². The molecule has 0 spiro atoms. The summed E-state index contributed by atoms with van der Waals surface area (Å²) in [7, 11) is 0. The molecule has 2 heterocycles. The van der Waals surface area contributed by atoms with Gasteiger partial charge in [-0.1, -0.05) is 33.6 Å². The quantitative estimate of drug-likeness (QED) is 0.823. The minimum atomic E-state index is 0.566. The van der Waals surface area contributed by atoms with Crippen molar-refractivity contribution in [2.24, 2.45) is 11.8 Å². The van der Waals surface area contributed by atoms with Crippen molar-refractivity contribution in [3.63, 3.8) is 0 Å². The third kappa shape index (κ3) is 3.11. The van der Waals surface area contributed by atoms with Crippen LogP contribution < -0.4 is 5.32 Å². The Hall–Kier alpha value is -1.58. The maximum atomic E-state index is 4.54. The molecule has 3 rings (SSSR count). The van der Waals surface area contributed by atoms with Crippen molar-refractivity contribution < 1.29 is 0 Å². The summed E-state index contributed by atoms with van der Waals surface area (Å²) in [4.78, 5) is 12.2. The van der Waals surface area contributed by atoms with E-state index in [9.17, 15) is 0 Å². The summed E-state index contributed by atoms with van der Waals surface area (Å²) in [6.07, 6.45) is 11.3. The van der Waals surface area contributed by atoms with Gasteiger partial charge < -0.3 is 10.3 Å². The zero-order chi connectivity index (χ0) is 15.5. The maximum absolute atomic E-state index is 4.54. The fourth-order valence-electron chi connectivity index (χ4n) is 3.71. The van der Waals surface area contributed by atoms with Gasteiger partial charge in [-0.05, 0) is 43.1 Å². The lowest BCUT2D eigenvalue weighted by Crippen LogP contribution is -2.25. The van der Waals surface area contributed by atoms with Gasteiger partial charge in [0.15, 0.2) is 0 Å². The molecular formula is C18H28N4. The third-order valence-corrected chi connectivity index (χ3v) is 5.03. The Labute approximate surface area is 133 Å². The van der Waals surface area contributed by atoms with Crippen LogP contribution in [-0.2, 0) is 6.42 Å². The number of H-pyrrole nitrogens is 1. The Kier molecular flexibility index (Phi) is 4.65. The Morgan fingerprint density at radius 2 is 2.18 bits per heavy atom. The second-order valence-corrected chi connectivity index (χ2v) is 7.03. The molecule has 0 amide bonds. The van der Waals surface area contributed by atoms with Gasteiger partial charge >= 0.3 is 0 Å². The monoisotopic (exact) mass is 300 g/mol. The number of hydrogen-bond donors (Lipinski definition) is 2. The fraction of sp³-hybridized carbons (Fsp3) is 0.667. The minimum Gasteiger partial charge on any atom is -0.366 e. The number of aromatic amines is 1. The average Bonchev–Trinajstić information content (AvgIpc) is 3.12. The first-order valence-electron chi connectivity index (χ1n) is 8.76. The molecule has 22 heavy (non-hydrogen) atoms. The van der Waals surface area contributed by atoms with Crippen LogP contribution in [0.1, 0.15) is 58.4 Å². The molecule has 4 nitrogen and oxygen atoms in total. The van der Waals surface area contributed by atoms with Crippen molar-refractivity contribution in [3.05, 3.63) is 18.1 Å². The Bertz CT molecular complexity index is 617. The summed E-state index contributed by atoms with van der Waals surface area (Å²) >= 11 is 0. The molecule has 2 aromatic heterocycles. The van der Waals surface area contributed by atoms with Gasteiger partial charge in [0.2, 0.25) is 0 Å². The molecule has 0 aliphatic heterocycles. The molecule has 2 atom stereocenters. The number of nitrogens with zero attached hydrogens (tertiary/aromatic N) is 2. The SMILES string of the molecule is CCc1c[nH]c2ncnc(NC3CCCC3CCC(C)C)c12. The van der Waals surface area contributed by atoms with E-state index in [1.807, 2.05) is 0 Å². The van der Waals surface area contributed by atoms with Gasteiger partial charge in [-0.2, -0.15) is 0 Å². The van der Waals surface area contributed by atoms with E-state index in [2.05, 4.69) is 47.2 Å². The van der Waals surface area contributed by atoms with Crippen LogP contribution in [0, 0.1) is 11.8 Å². The molecule has 0 saturated heterocycles. The van der Waals surface area contributed by atoms with Gasteiger partial charge in [0.1, 0.15) is 17.8 Å². The summed E-state index contributed by atoms with van der Waals surface area (Å²) in [6, 6.07) is 0.566. The molecule has 1 aliphatic rings. The van der Waals surface area contributed by atoms with Crippen molar-refractivity contribution in [1.82, 2.24) is 15.0 Å². The molecule has 0 radical (unpaired) electrons. The van der Waals surface area contributed by atoms with E-state index >= 15 is 0 Å². The van der Waals surface area contributed by atoms with E-state index in [-0.39, 0.29) is 0 Å². The normalized spacial score (nSPS) is 21.8. The van der Waals surface area contributed by atoms with Crippen molar-refractivity contribution in [3.8, 4) is 0 Å². The van der Waals surface area contributed by atoms with Crippen molar-refractivity contribution in [2.45, 2.75) is 65.3 Å². The highest BCUT2D eigenvalue weighted by Gasteiger charge is 2.28. The second kappa shape index (κ2) is 6.67. The molecule has 2 unspecified atom stereocenters. The minimum absolute atomic E-state index is 0.566. The number of hydrogen-bond acceptors (Lipinski definition) is 3. The van der Waals surface area contributed by atoms with Crippen LogP contribution in [0.2, 0.25) is 0 Å². The number of anilines is 1. The van der Waals surface area contributed by atoms with E-state index in [1.165, 1.54) is 43.1 Å². The van der Waals surface area contributed by atoms with E-state index in [0.29, 0.717) is 6.04 Å². The summed E-state index contributed by atoms with van der Waals surface area (Å²) in [5, 5.41) is 4.93. The molecule has 4 heteroatoms. The van der Waals surface area contributed by atoms with E-state index in [4.69, 9.17) is 0 Å². The number of aryl methyl sites for hydroxylation is 1. The largest absolute Gasteiger partial charge is 0.366 e. The first-order valence-corrected chi connectivity index (χ1v) is 8.76. The van der Waals surface area contributed by atoms with Gasteiger partial charge in [-0.25, -0.2) is 9.97 Å². The van der Waals surface area contributed by atoms with Gasteiger partial charge in [-0.3, -0.25) is 0 Å². The summed E-state index contributed by atoms with van der Waals surface area (Å²) in [5.74, 6) is 2.60.